The van der Waals surface area contributed by atoms with Crippen LogP contribution in [0.3, 0.4) is 0 Å². The molecular formula is C19H18OP+. The molecule has 2 heteroatoms. The minimum Gasteiger partial charge on any atom is -0.340 e. The summed E-state index contributed by atoms with van der Waals surface area (Å²) in [5.74, 6) is 0.918. The van der Waals surface area contributed by atoms with E-state index in [1.165, 1.54) is 10.6 Å². The molecular weight excluding hydrogens is 275 g/mol. The summed E-state index contributed by atoms with van der Waals surface area (Å²) in [6.45, 7) is 2.23. The largest absolute Gasteiger partial charge is 0.340 e. The highest BCUT2D eigenvalue weighted by Gasteiger charge is 2.41. The smallest absolute Gasteiger partial charge is 0.252 e. The van der Waals surface area contributed by atoms with Crippen LogP contribution in [0.15, 0.2) is 91.0 Å². The topological polar surface area (TPSA) is 9.23 Å². The molecule has 21 heavy (non-hydrogen) atoms. The molecule has 0 heterocycles. The zero-order valence-corrected chi connectivity index (χ0v) is 12.9. The van der Waals surface area contributed by atoms with Gasteiger partial charge in [0.15, 0.2) is 5.75 Å². The van der Waals surface area contributed by atoms with Gasteiger partial charge >= 0.3 is 0 Å². The van der Waals surface area contributed by atoms with Crippen molar-refractivity contribution in [3.05, 3.63) is 91.0 Å². The second-order valence-corrected chi connectivity index (χ2v) is 8.06. The first kappa shape index (κ1) is 13.9. The fourth-order valence-electron chi connectivity index (χ4n) is 2.37. The average molecular weight is 293 g/mol. The standard InChI is InChI=1S/C19H18OP/c1-21(18-13-7-3-8-14-18,19-15-9-4-10-16-19)20-17-11-5-2-6-12-17/h2-16H,1H3/q+1. The van der Waals surface area contributed by atoms with Crippen molar-refractivity contribution in [2.24, 2.45) is 0 Å². The molecule has 0 spiro atoms. The molecule has 0 unspecified atom stereocenters. The van der Waals surface area contributed by atoms with E-state index in [1.807, 2.05) is 42.5 Å². The van der Waals surface area contributed by atoms with Gasteiger partial charge in [-0.3, -0.25) is 0 Å². The molecule has 0 aliphatic rings. The Morgan fingerprint density at radius 3 is 1.38 bits per heavy atom. The molecule has 0 aliphatic carbocycles. The fourth-order valence-corrected chi connectivity index (χ4v) is 4.91. The maximum atomic E-state index is 6.49. The van der Waals surface area contributed by atoms with E-state index in [0.29, 0.717) is 0 Å². The van der Waals surface area contributed by atoms with Gasteiger partial charge < -0.3 is 4.52 Å². The van der Waals surface area contributed by atoms with Crippen LogP contribution in [-0.4, -0.2) is 6.66 Å². The summed E-state index contributed by atoms with van der Waals surface area (Å²) in [5, 5.41) is 2.50. The lowest BCUT2D eigenvalue weighted by Crippen LogP contribution is -2.25. The first-order valence-corrected chi connectivity index (χ1v) is 9.17. The van der Waals surface area contributed by atoms with E-state index in [2.05, 4.69) is 55.2 Å². The van der Waals surface area contributed by atoms with E-state index in [-0.39, 0.29) is 0 Å². The van der Waals surface area contributed by atoms with Gasteiger partial charge in [0.2, 0.25) is 0 Å². The van der Waals surface area contributed by atoms with Crippen LogP contribution in [0.2, 0.25) is 0 Å². The Kier molecular flexibility index (Phi) is 4.03. The van der Waals surface area contributed by atoms with Gasteiger partial charge in [-0.05, 0) is 36.4 Å². The van der Waals surface area contributed by atoms with Crippen LogP contribution < -0.4 is 15.1 Å². The Bertz CT molecular complexity index is 641. The Labute approximate surface area is 126 Å². The van der Waals surface area contributed by atoms with Crippen LogP contribution in [0.4, 0.5) is 0 Å². The molecule has 3 aromatic carbocycles. The lowest BCUT2D eigenvalue weighted by atomic mass is 10.3. The molecule has 0 atom stereocenters. The van der Waals surface area contributed by atoms with Crippen molar-refractivity contribution in [2.45, 2.75) is 0 Å². The Balaban J connectivity index is 2.07. The molecule has 0 aliphatic heterocycles. The number of benzene rings is 3. The van der Waals surface area contributed by atoms with Crippen molar-refractivity contribution >= 4 is 18.1 Å². The van der Waals surface area contributed by atoms with E-state index in [0.717, 1.165) is 5.75 Å². The van der Waals surface area contributed by atoms with E-state index in [1.54, 1.807) is 0 Å². The third-order valence-electron chi connectivity index (χ3n) is 3.53. The molecule has 3 rings (SSSR count). The van der Waals surface area contributed by atoms with Crippen LogP contribution in [0, 0.1) is 0 Å². The summed E-state index contributed by atoms with van der Waals surface area (Å²) in [6, 6.07) is 31.1. The molecule has 0 saturated carbocycles. The minimum absolute atomic E-state index is 0.918. The third kappa shape index (κ3) is 2.99. The summed E-state index contributed by atoms with van der Waals surface area (Å²) < 4.78 is 6.49. The van der Waals surface area contributed by atoms with Gasteiger partial charge in [0.25, 0.3) is 7.49 Å². The Morgan fingerprint density at radius 2 is 0.952 bits per heavy atom. The first-order valence-electron chi connectivity index (χ1n) is 7.01. The normalized spacial score (nSPS) is 11.1. The molecule has 0 aromatic heterocycles. The van der Waals surface area contributed by atoms with Crippen molar-refractivity contribution in [1.29, 1.82) is 0 Å². The van der Waals surface area contributed by atoms with Crippen LogP contribution in [0.5, 0.6) is 5.75 Å². The highest BCUT2D eigenvalue weighted by Crippen LogP contribution is 2.53. The van der Waals surface area contributed by atoms with Gasteiger partial charge in [0.05, 0.1) is 6.66 Å². The molecule has 3 aromatic rings. The molecule has 0 N–H and O–H groups in total. The van der Waals surface area contributed by atoms with Crippen molar-refractivity contribution in [2.75, 3.05) is 6.66 Å². The van der Waals surface area contributed by atoms with Crippen LogP contribution in [0.25, 0.3) is 0 Å². The minimum atomic E-state index is -1.90. The van der Waals surface area contributed by atoms with Gasteiger partial charge in [0.1, 0.15) is 10.6 Å². The summed E-state index contributed by atoms with van der Waals surface area (Å²) >= 11 is 0. The monoisotopic (exact) mass is 293 g/mol. The maximum Gasteiger partial charge on any atom is 0.252 e. The van der Waals surface area contributed by atoms with Gasteiger partial charge in [-0.15, -0.1) is 0 Å². The zero-order valence-electron chi connectivity index (χ0n) is 12.0. The predicted molar refractivity (Wildman–Crippen MR) is 92.1 cm³/mol. The van der Waals surface area contributed by atoms with Crippen LogP contribution in [0.1, 0.15) is 0 Å². The van der Waals surface area contributed by atoms with Crippen molar-refractivity contribution in [1.82, 2.24) is 0 Å². The second kappa shape index (κ2) is 6.11. The van der Waals surface area contributed by atoms with E-state index in [9.17, 15) is 0 Å². The Morgan fingerprint density at radius 1 is 0.571 bits per heavy atom. The summed E-state index contributed by atoms with van der Waals surface area (Å²) in [4.78, 5) is 0. The number of rotatable bonds is 4. The van der Waals surface area contributed by atoms with Gasteiger partial charge in [-0.2, -0.15) is 0 Å². The molecule has 0 fully saturated rings. The predicted octanol–water partition coefficient (Wildman–Crippen LogP) is 4.28. The van der Waals surface area contributed by atoms with Gasteiger partial charge in [-0.25, -0.2) is 0 Å². The summed E-state index contributed by atoms with van der Waals surface area (Å²) in [7, 11) is -1.90. The van der Waals surface area contributed by atoms with Crippen molar-refractivity contribution < 1.29 is 4.52 Å². The molecule has 0 radical (unpaired) electrons. The fraction of sp³-hybridized carbons (Fsp3) is 0.0526. The third-order valence-corrected chi connectivity index (χ3v) is 6.67. The maximum absolute atomic E-state index is 6.49. The molecule has 0 amide bonds. The summed E-state index contributed by atoms with van der Waals surface area (Å²) in [6.07, 6.45) is 0. The number of hydrogen-bond donors (Lipinski definition) is 0. The zero-order chi connectivity index (χ0) is 14.5. The van der Waals surface area contributed by atoms with Crippen LogP contribution in [-0.2, 0) is 0 Å². The number of hydrogen-bond acceptors (Lipinski definition) is 1. The Hall–Kier alpha value is -2.11. The van der Waals surface area contributed by atoms with Crippen molar-refractivity contribution in [3.8, 4) is 5.75 Å². The quantitative estimate of drug-likeness (QED) is 0.652. The highest BCUT2D eigenvalue weighted by atomic mass is 31.2. The van der Waals surface area contributed by atoms with E-state index >= 15 is 0 Å². The highest BCUT2D eigenvalue weighted by molar-refractivity contribution is 7.85. The lowest BCUT2D eigenvalue weighted by Gasteiger charge is -2.22. The molecule has 104 valence electrons. The van der Waals surface area contributed by atoms with Gasteiger partial charge in [-0.1, -0.05) is 54.6 Å². The van der Waals surface area contributed by atoms with E-state index in [4.69, 9.17) is 4.52 Å². The summed E-state index contributed by atoms with van der Waals surface area (Å²) in [5.41, 5.74) is 0. The SMILES string of the molecule is C[P+](Oc1ccccc1)(c1ccccc1)c1ccccc1. The number of para-hydroxylation sites is 1. The lowest BCUT2D eigenvalue weighted by molar-refractivity contribution is 0.616. The van der Waals surface area contributed by atoms with Crippen LogP contribution >= 0.6 is 7.49 Å². The molecule has 0 bridgehead atoms. The van der Waals surface area contributed by atoms with E-state index < -0.39 is 7.49 Å². The molecule has 0 saturated heterocycles. The molecule has 1 nitrogen and oxygen atoms in total. The average Bonchev–Trinajstić information content (AvgIpc) is 2.57. The first-order chi connectivity index (χ1) is 10.3. The van der Waals surface area contributed by atoms with Gasteiger partial charge in [0, 0.05) is 0 Å². The second-order valence-electron chi connectivity index (χ2n) is 5.00. The van der Waals surface area contributed by atoms with Crippen molar-refractivity contribution in [3.63, 3.8) is 0 Å².